The highest BCUT2D eigenvalue weighted by molar-refractivity contribution is 5.54. The molecule has 5 nitrogen and oxygen atoms in total. The number of ether oxygens (including phenoxy) is 3. The van der Waals surface area contributed by atoms with E-state index in [1.54, 1.807) is 21.3 Å². The van der Waals surface area contributed by atoms with Crippen LogP contribution in [-0.4, -0.2) is 52.4 Å². The van der Waals surface area contributed by atoms with Crippen LogP contribution in [-0.2, 0) is 0 Å². The van der Waals surface area contributed by atoms with E-state index in [1.807, 2.05) is 0 Å². The van der Waals surface area contributed by atoms with Crippen molar-refractivity contribution < 1.29 is 14.2 Å². The van der Waals surface area contributed by atoms with E-state index >= 15 is 0 Å². The van der Waals surface area contributed by atoms with Crippen molar-refractivity contribution in [1.82, 2.24) is 10.2 Å². The third-order valence-corrected chi connectivity index (χ3v) is 5.42. The maximum Gasteiger partial charge on any atom is 0.203 e. The highest BCUT2D eigenvalue weighted by Gasteiger charge is 2.33. The number of nitrogens with zero attached hydrogens (tertiary/aromatic N) is 1. The SMILES string of the molecule is COc1cc([C@H](C2CCCC2)N2CCNCC2)cc(OC)c1OC. The number of rotatable bonds is 6. The molecule has 1 aliphatic carbocycles. The van der Waals surface area contributed by atoms with E-state index in [2.05, 4.69) is 22.3 Å². The Kier molecular flexibility index (Phi) is 5.85. The number of nitrogens with one attached hydrogen (secondary N) is 1. The van der Waals surface area contributed by atoms with Crippen molar-refractivity contribution in [3.05, 3.63) is 17.7 Å². The van der Waals surface area contributed by atoms with Gasteiger partial charge in [0.2, 0.25) is 5.75 Å². The summed E-state index contributed by atoms with van der Waals surface area (Å²) in [6.45, 7) is 4.32. The van der Waals surface area contributed by atoms with Crippen molar-refractivity contribution >= 4 is 0 Å². The van der Waals surface area contributed by atoms with Gasteiger partial charge in [-0.15, -0.1) is 0 Å². The van der Waals surface area contributed by atoms with Crippen LogP contribution in [0.25, 0.3) is 0 Å². The van der Waals surface area contributed by atoms with E-state index in [0.717, 1.165) is 37.7 Å². The topological polar surface area (TPSA) is 43.0 Å². The van der Waals surface area contributed by atoms with Crippen LogP contribution in [0.5, 0.6) is 17.2 Å². The molecule has 0 radical (unpaired) electrons. The van der Waals surface area contributed by atoms with Crippen LogP contribution in [0.1, 0.15) is 37.3 Å². The van der Waals surface area contributed by atoms with Gasteiger partial charge in [-0.3, -0.25) is 4.90 Å². The molecule has 2 aliphatic rings. The molecule has 1 saturated heterocycles. The Hall–Kier alpha value is -1.46. The zero-order valence-corrected chi connectivity index (χ0v) is 15.1. The van der Waals surface area contributed by atoms with E-state index in [1.165, 1.54) is 31.2 Å². The smallest absolute Gasteiger partial charge is 0.203 e. The van der Waals surface area contributed by atoms with Gasteiger partial charge in [-0.2, -0.15) is 0 Å². The Morgan fingerprint density at radius 3 is 2.04 bits per heavy atom. The highest BCUT2D eigenvalue weighted by atomic mass is 16.5. The summed E-state index contributed by atoms with van der Waals surface area (Å²) in [4.78, 5) is 2.63. The molecule has 24 heavy (non-hydrogen) atoms. The Morgan fingerprint density at radius 1 is 0.958 bits per heavy atom. The first-order valence-electron chi connectivity index (χ1n) is 9.03. The molecule has 1 atom stereocenters. The predicted octanol–water partition coefficient (Wildman–Crippen LogP) is 2.85. The summed E-state index contributed by atoms with van der Waals surface area (Å²) in [6, 6.07) is 4.72. The Morgan fingerprint density at radius 2 is 1.54 bits per heavy atom. The lowest BCUT2D eigenvalue weighted by Gasteiger charge is -2.39. The van der Waals surface area contributed by atoms with Crippen molar-refractivity contribution in [2.45, 2.75) is 31.7 Å². The monoisotopic (exact) mass is 334 g/mol. The minimum absolute atomic E-state index is 0.434. The summed E-state index contributed by atoms with van der Waals surface area (Å²) in [5, 5.41) is 3.46. The third-order valence-electron chi connectivity index (χ3n) is 5.42. The first-order chi connectivity index (χ1) is 11.8. The summed E-state index contributed by atoms with van der Waals surface area (Å²) in [6.07, 6.45) is 5.31. The fourth-order valence-electron chi connectivity index (χ4n) is 4.29. The first-order valence-corrected chi connectivity index (χ1v) is 9.03. The Labute approximate surface area is 145 Å². The summed E-state index contributed by atoms with van der Waals surface area (Å²) in [7, 11) is 5.04. The van der Waals surface area contributed by atoms with Gasteiger partial charge in [0.05, 0.1) is 21.3 Å². The van der Waals surface area contributed by atoms with E-state index < -0.39 is 0 Å². The molecule has 1 aliphatic heterocycles. The number of hydrogen-bond donors (Lipinski definition) is 1. The molecule has 0 amide bonds. The molecular weight excluding hydrogens is 304 g/mol. The van der Waals surface area contributed by atoms with Crippen LogP contribution in [0.2, 0.25) is 0 Å². The average Bonchev–Trinajstić information content (AvgIpc) is 3.16. The number of benzene rings is 1. The number of methoxy groups -OCH3 is 3. The molecule has 1 aromatic rings. The van der Waals surface area contributed by atoms with Crippen LogP contribution in [0, 0.1) is 5.92 Å². The number of piperazine rings is 1. The molecule has 0 unspecified atom stereocenters. The Balaban J connectivity index is 1.99. The van der Waals surface area contributed by atoms with Gasteiger partial charge in [0, 0.05) is 32.2 Å². The largest absolute Gasteiger partial charge is 0.493 e. The van der Waals surface area contributed by atoms with E-state index in [4.69, 9.17) is 14.2 Å². The van der Waals surface area contributed by atoms with Crippen LogP contribution in [0.3, 0.4) is 0 Å². The molecule has 1 heterocycles. The van der Waals surface area contributed by atoms with Gasteiger partial charge in [0.25, 0.3) is 0 Å². The van der Waals surface area contributed by atoms with Crippen molar-refractivity contribution in [2.75, 3.05) is 47.5 Å². The molecule has 2 fully saturated rings. The van der Waals surface area contributed by atoms with Gasteiger partial charge in [-0.05, 0) is 36.5 Å². The predicted molar refractivity (Wildman–Crippen MR) is 95.2 cm³/mol. The quantitative estimate of drug-likeness (QED) is 0.866. The summed E-state index contributed by atoms with van der Waals surface area (Å²) in [5.41, 5.74) is 1.29. The molecule has 5 heteroatoms. The molecule has 0 aromatic heterocycles. The van der Waals surface area contributed by atoms with Gasteiger partial charge in [0.15, 0.2) is 11.5 Å². The van der Waals surface area contributed by atoms with Crippen molar-refractivity contribution in [1.29, 1.82) is 0 Å². The van der Waals surface area contributed by atoms with Gasteiger partial charge < -0.3 is 19.5 Å². The maximum absolute atomic E-state index is 5.58. The van der Waals surface area contributed by atoms with Crippen LogP contribution < -0.4 is 19.5 Å². The van der Waals surface area contributed by atoms with Crippen LogP contribution in [0.15, 0.2) is 12.1 Å². The van der Waals surface area contributed by atoms with E-state index in [-0.39, 0.29) is 0 Å². The zero-order chi connectivity index (χ0) is 16.9. The molecular formula is C19H30N2O3. The van der Waals surface area contributed by atoms with Crippen molar-refractivity contribution in [3.63, 3.8) is 0 Å². The lowest BCUT2D eigenvalue weighted by molar-refractivity contribution is 0.125. The fourth-order valence-corrected chi connectivity index (χ4v) is 4.29. The average molecular weight is 334 g/mol. The molecule has 134 valence electrons. The van der Waals surface area contributed by atoms with E-state index in [9.17, 15) is 0 Å². The molecule has 1 saturated carbocycles. The highest BCUT2D eigenvalue weighted by Crippen LogP contribution is 2.45. The zero-order valence-electron chi connectivity index (χ0n) is 15.1. The molecule has 1 aromatic carbocycles. The second kappa shape index (κ2) is 8.08. The van der Waals surface area contributed by atoms with Gasteiger partial charge in [0.1, 0.15) is 0 Å². The standard InChI is InChI=1S/C19H30N2O3/c1-22-16-12-15(13-17(23-2)19(16)24-3)18(14-6-4-5-7-14)21-10-8-20-9-11-21/h12-14,18,20H,4-11H2,1-3H3/t18-/m0/s1. The lowest BCUT2D eigenvalue weighted by Crippen LogP contribution is -2.46. The number of hydrogen-bond acceptors (Lipinski definition) is 5. The summed E-state index contributed by atoms with van der Waals surface area (Å²) in [5.74, 6) is 2.90. The molecule has 0 spiro atoms. The van der Waals surface area contributed by atoms with E-state index in [0.29, 0.717) is 17.7 Å². The minimum Gasteiger partial charge on any atom is -0.493 e. The molecule has 1 N–H and O–H groups in total. The van der Waals surface area contributed by atoms with Crippen molar-refractivity contribution in [2.24, 2.45) is 5.92 Å². The Bertz CT molecular complexity index is 512. The lowest BCUT2D eigenvalue weighted by atomic mass is 9.89. The minimum atomic E-state index is 0.434. The normalized spacial score (nSPS) is 20.8. The summed E-state index contributed by atoms with van der Waals surface area (Å²) >= 11 is 0. The third kappa shape index (κ3) is 3.47. The van der Waals surface area contributed by atoms with Crippen molar-refractivity contribution in [3.8, 4) is 17.2 Å². The molecule has 0 bridgehead atoms. The van der Waals surface area contributed by atoms with Crippen LogP contribution >= 0.6 is 0 Å². The second-order valence-electron chi connectivity index (χ2n) is 6.73. The van der Waals surface area contributed by atoms with Gasteiger partial charge >= 0.3 is 0 Å². The summed E-state index contributed by atoms with van der Waals surface area (Å²) < 4.78 is 16.7. The van der Waals surface area contributed by atoms with Crippen LogP contribution in [0.4, 0.5) is 0 Å². The van der Waals surface area contributed by atoms with Gasteiger partial charge in [-0.25, -0.2) is 0 Å². The maximum atomic E-state index is 5.58. The second-order valence-corrected chi connectivity index (χ2v) is 6.73. The molecule has 3 rings (SSSR count). The first kappa shape index (κ1) is 17.4. The fraction of sp³-hybridized carbons (Fsp3) is 0.684. The van der Waals surface area contributed by atoms with Gasteiger partial charge in [-0.1, -0.05) is 12.8 Å².